The molecule has 0 saturated carbocycles. The van der Waals surface area contributed by atoms with Crippen LogP contribution in [0.4, 0.5) is 5.69 Å². The first-order valence-electron chi connectivity index (χ1n) is 8.47. The van der Waals surface area contributed by atoms with Gasteiger partial charge in [-0.15, -0.1) is 6.58 Å². The number of rotatable bonds is 4. The topological polar surface area (TPSA) is 69.7 Å². The monoisotopic (exact) mass is 338 g/mol. The molecule has 130 valence electrons. The lowest BCUT2D eigenvalue weighted by Crippen LogP contribution is -2.46. The Hall–Kier alpha value is -2.40. The van der Waals surface area contributed by atoms with E-state index in [4.69, 9.17) is 4.74 Å². The molecule has 3 aliphatic rings. The average Bonchev–Trinajstić information content (AvgIpc) is 3.18. The molecule has 2 saturated heterocycles. The second kappa shape index (κ2) is 5.30. The molecule has 5 heteroatoms. The van der Waals surface area contributed by atoms with E-state index in [0.29, 0.717) is 6.42 Å². The van der Waals surface area contributed by atoms with Gasteiger partial charge in [0.1, 0.15) is 5.60 Å². The summed E-state index contributed by atoms with van der Waals surface area (Å²) in [6.07, 6.45) is 3.59. The lowest BCUT2D eigenvalue weighted by atomic mass is 9.74. The van der Waals surface area contributed by atoms with Gasteiger partial charge in [0.2, 0.25) is 5.91 Å². The summed E-state index contributed by atoms with van der Waals surface area (Å²) in [5.41, 5.74) is 1.84. The van der Waals surface area contributed by atoms with Gasteiger partial charge in [-0.1, -0.05) is 35.4 Å². The summed E-state index contributed by atoms with van der Waals surface area (Å²) in [6, 6.07) is 7.35. The normalized spacial score (nSPS) is 35.3. The van der Waals surface area contributed by atoms with Gasteiger partial charge in [0.15, 0.2) is 0 Å². The lowest BCUT2D eigenvalue weighted by molar-refractivity contribution is -0.313. The number of aliphatic carboxylic acids is 1. The molecule has 0 N–H and O–H groups in total. The fourth-order valence-corrected chi connectivity index (χ4v) is 4.51. The van der Waals surface area contributed by atoms with Crippen molar-refractivity contribution in [3.63, 3.8) is 0 Å². The van der Waals surface area contributed by atoms with Crippen molar-refractivity contribution in [2.24, 2.45) is 11.8 Å². The van der Waals surface area contributed by atoms with E-state index >= 15 is 0 Å². The Morgan fingerprint density at radius 3 is 2.64 bits per heavy atom. The third kappa shape index (κ3) is 2.12. The van der Waals surface area contributed by atoms with Crippen LogP contribution in [-0.4, -0.2) is 29.6 Å². The number of hydrogen-bond donors (Lipinski definition) is 0. The number of anilines is 1. The maximum Gasteiger partial charge on any atom is 0.234 e. The largest absolute Gasteiger partial charge is 0.550 e. The average molecular weight is 338 g/mol. The van der Waals surface area contributed by atoms with Gasteiger partial charge < -0.3 is 19.5 Å². The van der Waals surface area contributed by atoms with Crippen molar-refractivity contribution in [2.45, 2.75) is 38.0 Å². The molecule has 1 aromatic rings. The van der Waals surface area contributed by atoms with Crippen molar-refractivity contribution in [3.8, 4) is 0 Å². The lowest BCUT2D eigenvalue weighted by Gasteiger charge is -2.33. The van der Waals surface area contributed by atoms with Crippen molar-refractivity contribution in [1.29, 1.82) is 0 Å². The van der Waals surface area contributed by atoms with Crippen LogP contribution in [0.2, 0.25) is 0 Å². The zero-order valence-electron chi connectivity index (χ0n) is 14.3. The number of hydrogen-bond acceptors (Lipinski definition) is 4. The third-order valence-corrected chi connectivity index (χ3v) is 5.55. The zero-order chi connectivity index (χ0) is 17.9. The number of aryl methyl sites for hydroxylation is 1. The molecule has 0 unspecified atom stereocenters. The van der Waals surface area contributed by atoms with Gasteiger partial charge in [-0.3, -0.25) is 4.79 Å². The van der Waals surface area contributed by atoms with Gasteiger partial charge in [0.25, 0.3) is 0 Å². The highest BCUT2D eigenvalue weighted by Gasteiger charge is 2.69. The summed E-state index contributed by atoms with van der Waals surface area (Å²) < 4.78 is 6.08. The van der Waals surface area contributed by atoms with Crippen LogP contribution in [0.3, 0.4) is 0 Å². The van der Waals surface area contributed by atoms with Crippen LogP contribution in [0.25, 0.3) is 0 Å². The summed E-state index contributed by atoms with van der Waals surface area (Å²) >= 11 is 0. The SMILES string of the molecule is C=C(C)C[C@H]1N(c2ccc(C)cc2)C(=O)[C@H]2[C@@H](C(=O)[O-])[C@@H]3C=C[C@]21O3. The number of benzene rings is 1. The Labute approximate surface area is 146 Å². The standard InChI is InChI=1S/C20H21NO4/c1-11(2)10-15-20-9-8-14(25-20)16(19(23)24)17(20)18(22)21(15)13-6-4-12(3)5-7-13/h4-9,14-17H,1,10H2,2-3H3,(H,23,24)/p-1/t14-,15+,16-,17+,20+/m0/s1. The predicted molar refractivity (Wildman–Crippen MR) is 90.6 cm³/mol. The van der Waals surface area contributed by atoms with E-state index in [0.717, 1.165) is 16.8 Å². The molecule has 2 bridgehead atoms. The van der Waals surface area contributed by atoms with Crippen molar-refractivity contribution < 1.29 is 19.4 Å². The number of carboxylic acid groups (broad SMARTS) is 1. The molecule has 1 spiro atoms. The molecule has 1 aromatic carbocycles. The first-order valence-corrected chi connectivity index (χ1v) is 8.47. The minimum Gasteiger partial charge on any atom is -0.550 e. The molecule has 25 heavy (non-hydrogen) atoms. The third-order valence-electron chi connectivity index (χ3n) is 5.55. The number of carbonyl (C=O) groups is 2. The van der Waals surface area contributed by atoms with E-state index in [1.165, 1.54) is 0 Å². The molecule has 0 aromatic heterocycles. The van der Waals surface area contributed by atoms with Crippen LogP contribution < -0.4 is 10.0 Å². The molecule has 1 amide bonds. The molecule has 0 aliphatic carbocycles. The number of nitrogens with zero attached hydrogens (tertiary/aromatic N) is 1. The number of carbonyl (C=O) groups excluding carboxylic acids is 2. The van der Waals surface area contributed by atoms with Crippen LogP contribution >= 0.6 is 0 Å². The minimum atomic E-state index is -1.23. The predicted octanol–water partition coefficient (Wildman–Crippen LogP) is 1.37. The molecule has 2 fully saturated rings. The molecule has 5 nitrogen and oxygen atoms in total. The molecule has 3 heterocycles. The highest BCUT2D eigenvalue weighted by Crippen LogP contribution is 2.56. The molecule has 0 radical (unpaired) electrons. The molecule has 3 aliphatic heterocycles. The van der Waals surface area contributed by atoms with Crippen molar-refractivity contribution >= 4 is 17.6 Å². The van der Waals surface area contributed by atoms with Crippen LogP contribution in [-0.2, 0) is 14.3 Å². The minimum absolute atomic E-state index is 0.212. The number of ether oxygens (including phenoxy) is 1. The van der Waals surface area contributed by atoms with Crippen LogP contribution in [0.5, 0.6) is 0 Å². The Bertz CT molecular complexity index is 796. The van der Waals surface area contributed by atoms with Gasteiger partial charge in [0, 0.05) is 17.6 Å². The van der Waals surface area contributed by atoms with Gasteiger partial charge in [-0.05, 0) is 32.4 Å². The van der Waals surface area contributed by atoms with Gasteiger partial charge >= 0.3 is 0 Å². The van der Waals surface area contributed by atoms with E-state index in [-0.39, 0.29) is 11.9 Å². The molecule has 4 rings (SSSR count). The maximum absolute atomic E-state index is 13.3. The van der Waals surface area contributed by atoms with Crippen molar-refractivity contribution in [1.82, 2.24) is 0 Å². The van der Waals surface area contributed by atoms with Gasteiger partial charge in [0.05, 0.1) is 18.1 Å². The highest BCUT2D eigenvalue weighted by molar-refractivity contribution is 6.03. The fraction of sp³-hybridized carbons (Fsp3) is 0.400. The molecular weight excluding hydrogens is 318 g/mol. The summed E-state index contributed by atoms with van der Waals surface area (Å²) in [5.74, 6) is -3.13. The van der Waals surface area contributed by atoms with Crippen molar-refractivity contribution in [2.75, 3.05) is 4.90 Å². The Kier molecular flexibility index (Phi) is 3.41. The summed E-state index contributed by atoms with van der Waals surface area (Å²) in [7, 11) is 0. The van der Waals surface area contributed by atoms with Crippen molar-refractivity contribution in [3.05, 3.63) is 54.1 Å². The fourth-order valence-electron chi connectivity index (χ4n) is 4.51. The van der Waals surface area contributed by atoms with Crippen LogP contribution in [0.1, 0.15) is 18.9 Å². The Morgan fingerprint density at radius 1 is 1.36 bits per heavy atom. The number of amides is 1. The smallest absolute Gasteiger partial charge is 0.234 e. The quantitative estimate of drug-likeness (QED) is 0.778. The van der Waals surface area contributed by atoms with E-state index in [1.54, 1.807) is 11.0 Å². The van der Waals surface area contributed by atoms with Gasteiger partial charge in [-0.25, -0.2) is 0 Å². The second-order valence-corrected chi connectivity index (χ2v) is 7.34. The van der Waals surface area contributed by atoms with E-state index in [2.05, 4.69) is 6.58 Å². The second-order valence-electron chi connectivity index (χ2n) is 7.34. The maximum atomic E-state index is 13.3. The summed E-state index contributed by atoms with van der Waals surface area (Å²) in [6.45, 7) is 7.87. The summed E-state index contributed by atoms with van der Waals surface area (Å²) in [5, 5.41) is 11.7. The Morgan fingerprint density at radius 2 is 2.04 bits per heavy atom. The Balaban J connectivity index is 1.84. The zero-order valence-corrected chi connectivity index (χ0v) is 14.3. The first kappa shape index (κ1) is 16.1. The molecule has 5 atom stereocenters. The van der Waals surface area contributed by atoms with E-state index < -0.39 is 29.5 Å². The highest BCUT2D eigenvalue weighted by atomic mass is 16.5. The van der Waals surface area contributed by atoms with E-state index in [1.807, 2.05) is 44.2 Å². The van der Waals surface area contributed by atoms with Crippen LogP contribution in [0, 0.1) is 18.8 Å². The summed E-state index contributed by atoms with van der Waals surface area (Å²) in [4.78, 5) is 26.6. The first-order chi connectivity index (χ1) is 11.8. The van der Waals surface area contributed by atoms with E-state index in [9.17, 15) is 14.7 Å². The number of fused-ring (bicyclic) bond motifs is 1. The molecular formula is C20H20NO4-. The van der Waals surface area contributed by atoms with Gasteiger partial charge in [-0.2, -0.15) is 0 Å². The van der Waals surface area contributed by atoms with Crippen LogP contribution in [0.15, 0.2) is 48.6 Å². The number of carboxylic acids is 1.